The fraction of sp³-hybridized carbons (Fsp3) is 0.727. The van der Waals surface area contributed by atoms with E-state index in [1.807, 2.05) is 0 Å². The fourth-order valence-corrected chi connectivity index (χ4v) is 4.08. The van der Waals surface area contributed by atoms with Gasteiger partial charge in [0.25, 0.3) is 10.1 Å². The standard InChI is InChI=1S/C22H38O3S.BrH.H3N/c1-2-3-4-5-6-7-8-9-10-11-12-13-14-18-21-25-26(23,24)22-19-16-15-17-20-22;;/h15-17,19-20H,2-14,18,21H2,1H3;1H;1H3. The molecule has 0 saturated heterocycles. The molecule has 166 valence electrons. The summed E-state index contributed by atoms with van der Waals surface area (Å²) in [4.78, 5) is 0.241. The molecule has 0 spiro atoms. The molecule has 0 aliphatic heterocycles. The van der Waals surface area contributed by atoms with Gasteiger partial charge in [0.2, 0.25) is 0 Å². The molecule has 0 bridgehead atoms. The third-order valence-corrected chi connectivity index (χ3v) is 6.09. The summed E-state index contributed by atoms with van der Waals surface area (Å²) in [6.45, 7) is 2.55. The van der Waals surface area contributed by atoms with Gasteiger partial charge in [0.15, 0.2) is 0 Å². The van der Waals surface area contributed by atoms with Crippen LogP contribution in [0.15, 0.2) is 35.2 Å². The Balaban J connectivity index is 0. The molecule has 0 saturated carbocycles. The highest BCUT2D eigenvalue weighted by Gasteiger charge is 2.13. The van der Waals surface area contributed by atoms with Crippen molar-refractivity contribution in [1.82, 2.24) is 6.15 Å². The lowest BCUT2D eigenvalue weighted by Gasteiger charge is -2.06. The van der Waals surface area contributed by atoms with Crippen LogP contribution in [0.4, 0.5) is 0 Å². The van der Waals surface area contributed by atoms with Gasteiger partial charge in [-0.05, 0) is 18.6 Å². The van der Waals surface area contributed by atoms with E-state index in [1.165, 1.54) is 77.0 Å². The van der Waals surface area contributed by atoms with Gasteiger partial charge in [0.1, 0.15) is 0 Å². The molecule has 0 aliphatic carbocycles. The molecule has 0 fully saturated rings. The predicted molar refractivity (Wildman–Crippen MR) is 125 cm³/mol. The average Bonchev–Trinajstić information content (AvgIpc) is 2.65. The van der Waals surface area contributed by atoms with Gasteiger partial charge < -0.3 is 6.15 Å². The molecule has 1 aromatic rings. The van der Waals surface area contributed by atoms with Crippen LogP contribution < -0.4 is 6.15 Å². The van der Waals surface area contributed by atoms with Gasteiger partial charge in [-0.3, -0.25) is 4.18 Å². The lowest BCUT2D eigenvalue weighted by Crippen LogP contribution is -2.07. The minimum absolute atomic E-state index is 0. The van der Waals surface area contributed by atoms with Crippen LogP contribution in [-0.2, 0) is 14.3 Å². The van der Waals surface area contributed by atoms with Gasteiger partial charge in [-0.2, -0.15) is 8.42 Å². The van der Waals surface area contributed by atoms with E-state index in [0.717, 1.165) is 12.8 Å². The molecule has 3 N–H and O–H groups in total. The van der Waals surface area contributed by atoms with Crippen molar-refractivity contribution in [3.63, 3.8) is 0 Å². The van der Waals surface area contributed by atoms with Crippen LogP contribution in [-0.4, -0.2) is 15.0 Å². The molecule has 0 amide bonds. The van der Waals surface area contributed by atoms with Crippen LogP contribution in [0.5, 0.6) is 0 Å². The second-order valence-electron chi connectivity index (χ2n) is 7.19. The quantitative estimate of drug-likeness (QED) is 0.184. The molecule has 0 atom stereocenters. The van der Waals surface area contributed by atoms with Gasteiger partial charge >= 0.3 is 0 Å². The fourth-order valence-electron chi connectivity index (χ4n) is 3.12. The zero-order valence-corrected chi connectivity index (χ0v) is 20.3. The molecular formula is C22H42BrNO3S. The second kappa shape index (κ2) is 19.9. The van der Waals surface area contributed by atoms with Crippen molar-refractivity contribution in [3.8, 4) is 0 Å². The largest absolute Gasteiger partial charge is 0.344 e. The van der Waals surface area contributed by atoms with E-state index in [1.54, 1.807) is 30.3 Å². The summed E-state index contributed by atoms with van der Waals surface area (Å²) in [5, 5.41) is 0. The van der Waals surface area contributed by atoms with Crippen LogP contribution in [0, 0.1) is 0 Å². The molecular weight excluding hydrogens is 438 g/mol. The highest BCUT2D eigenvalue weighted by atomic mass is 79.9. The highest BCUT2D eigenvalue weighted by molar-refractivity contribution is 8.93. The van der Waals surface area contributed by atoms with Gasteiger partial charge in [-0.25, -0.2) is 0 Å². The molecule has 0 heterocycles. The van der Waals surface area contributed by atoms with Crippen LogP contribution in [0.25, 0.3) is 0 Å². The molecule has 1 rings (SSSR count). The first-order valence-electron chi connectivity index (χ1n) is 10.6. The summed E-state index contributed by atoms with van der Waals surface area (Å²) in [6, 6.07) is 8.36. The van der Waals surface area contributed by atoms with Crippen molar-refractivity contribution in [2.24, 2.45) is 0 Å². The Morgan fingerprint density at radius 2 is 1.07 bits per heavy atom. The van der Waals surface area contributed by atoms with Crippen molar-refractivity contribution in [1.29, 1.82) is 0 Å². The maximum atomic E-state index is 11.9. The molecule has 0 aromatic heterocycles. The molecule has 0 unspecified atom stereocenters. The lowest BCUT2D eigenvalue weighted by molar-refractivity contribution is 0.306. The topological polar surface area (TPSA) is 78.4 Å². The molecule has 0 radical (unpaired) electrons. The first kappa shape index (κ1) is 29.8. The van der Waals surface area contributed by atoms with E-state index in [-0.39, 0.29) is 34.6 Å². The number of halogens is 1. The summed E-state index contributed by atoms with van der Waals surface area (Å²) < 4.78 is 29.0. The molecule has 4 nitrogen and oxygen atoms in total. The molecule has 1 aromatic carbocycles. The van der Waals surface area contributed by atoms with Crippen molar-refractivity contribution in [2.45, 2.75) is 102 Å². The van der Waals surface area contributed by atoms with E-state index in [4.69, 9.17) is 4.18 Å². The summed E-state index contributed by atoms with van der Waals surface area (Å²) >= 11 is 0. The van der Waals surface area contributed by atoms with Crippen molar-refractivity contribution in [3.05, 3.63) is 30.3 Å². The van der Waals surface area contributed by atoms with E-state index in [9.17, 15) is 8.42 Å². The zero-order chi connectivity index (χ0) is 18.9. The Morgan fingerprint density at radius 3 is 1.50 bits per heavy atom. The Kier molecular flexibility index (Phi) is 21.1. The first-order chi connectivity index (χ1) is 12.7. The van der Waals surface area contributed by atoms with Crippen molar-refractivity contribution < 1.29 is 12.6 Å². The van der Waals surface area contributed by atoms with Crippen LogP contribution in [0.1, 0.15) is 96.8 Å². The number of hydrogen-bond acceptors (Lipinski definition) is 4. The summed E-state index contributed by atoms with van der Waals surface area (Å²) in [7, 11) is -3.58. The molecule has 0 aliphatic rings. The third kappa shape index (κ3) is 15.5. The minimum Gasteiger partial charge on any atom is -0.344 e. The van der Waals surface area contributed by atoms with E-state index < -0.39 is 10.1 Å². The Hall–Kier alpha value is -0.430. The maximum absolute atomic E-state index is 11.9. The van der Waals surface area contributed by atoms with Crippen molar-refractivity contribution in [2.75, 3.05) is 6.61 Å². The van der Waals surface area contributed by atoms with Crippen molar-refractivity contribution >= 4 is 27.1 Å². The smallest absolute Gasteiger partial charge is 0.296 e. The zero-order valence-electron chi connectivity index (χ0n) is 17.7. The minimum atomic E-state index is -3.58. The van der Waals surface area contributed by atoms with Crippen LogP contribution in [0.3, 0.4) is 0 Å². The maximum Gasteiger partial charge on any atom is 0.296 e. The highest BCUT2D eigenvalue weighted by Crippen LogP contribution is 2.14. The van der Waals surface area contributed by atoms with E-state index in [2.05, 4.69) is 6.92 Å². The number of rotatable bonds is 17. The second-order valence-corrected chi connectivity index (χ2v) is 8.80. The third-order valence-electron chi connectivity index (χ3n) is 4.77. The Morgan fingerprint density at radius 1 is 0.679 bits per heavy atom. The SMILES string of the molecule is Br.CCCCCCCCCCCCCCCCOS(=O)(=O)c1ccccc1.N. The molecule has 6 heteroatoms. The number of benzene rings is 1. The van der Waals surface area contributed by atoms with Crippen LogP contribution in [0.2, 0.25) is 0 Å². The van der Waals surface area contributed by atoms with Gasteiger partial charge in [0, 0.05) is 0 Å². The molecule has 28 heavy (non-hydrogen) atoms. The Labute approximate surface area is 184 Å². The van der Waals surface area contributed by atoms with Crippen LogP contribution >= 0.6 is 17.0 Å². The monoisotopic (exact) mass is 479 g/mol. The summed E-state index contributed by atoms with van der Waals surface area (Å²) in [6.07, 6.45) is 18.0. The number of unbranched alkanes of at least 4 members (excludes halogenated alkanes) is 13. The number of hydrogen-bond donors (Lipinski definition) is 1. The Bertz CT molecular complexity index is 538. The first-order valence-corrected chi connectivity index (χ1v) is 12.0. The average molecular weight is 481 g/mol. The summed E-state index contributed by atoms with van der Waals surface area (Å²) in [5.74, 6) is 0. The van der Waals surface area contributed by atoms with Gasteiger partial charge in [0.05, 0.1) is 11.5 Å². The normalized spacial score (nSPS) is 10.9. The summed E-state index contributed by atoms with van der Waals surface area (Å²) in [5.41, 5.74) is 0. The van der Waals surface area contributed by atoms with E-state index in [0.29, 0.717) is 0 Å². The van der Waals surface area contributed by atoms with E-state index >= 15 is 0 Å². The van der Waals surface area contributed by atoms with Gasteiger partial charge in [-0.15, -0.1) is 17.0 Å². The lowest BCUT2D eigenvalue weighted by atomic mass is 10.0. The predicted octanol–water partition coefficient (Wildman–Crippen LogP) is 7.61. The van der Waals surface area contributed by atoms with Gasteiger partial charge in [-0.1, -0.05) is 109 Å².